The van der Waals surface area contributed by atoms with Gasteiger partial charge in [0.25, 0.3) is 0 Å². The molecule has 0 aromatic carbocycles. The lowest BCUT2D eigenvalue weighted by Crippen LogP contribution is -2.45. The quantitative estimate of drug-likeness (QED) is 0.808. The molecule has 3 nitrogen and oxygen atoms in total. The first kappa shape index (κ1) is 17.4. The number of nitrogens with one attached hydrogen (secondary N) is 1. The lowest BCUT2D eigenvalue weighted by molar-refractivity contribution is 0.0934. The Balaban J connectivity index is 2.20. The van der Waals surface area contributed by atoms with E-state index in [4.69, 9.17) is 0 Å². The van der Waals surface area contributed by atoms with Gasteiger partial charge >= 0.3 is 0 Å². The average Bonchev–Trinajstić information content (AvgIpc) is 2.54. The van der Waals surface area contributed by atoms with E-state index in [1.807, 2.05) is 6.92 Å². The van der Waals surface area contributed by atoms with Gasteiger partial charge in [-0.3, -0.25) is 0 Å². The van der Waals surface area contributed by atoms with E-state index < -0.39 is 10.0 Å². The predicted molar refractivity (Wildman–Crippen MR) is 92.3 cm³/mol. The first-order chi connectivity index (χ1) is 9.40. The molecule has 1 aromatic rings. The molecule has 6 heteroatoms. The molecule has 1 heterocycles. The van der Waals surface area contributed by atoms with Gasteiger partial charge in [0, 0.05) is 6.04 Å². The first-order valence-corrected chi connectivity index (χ1v) is 10.3. The molecule has 0 saturated heterocycles. The van der Waals surface area contributed by atoms with Crippen molar-refractivity contribution in [1.82, 2.24) is 4.72 Å². The number of halogens is 1. The lowest BCUT2D eigenvalue weighted by atomic mass is 9.64. The van der Waals surface area contributed by atoms with E-state index in [9.17, 15) is 8.42 Å². The van der Waals surface area contributed by atoms with Gasteiger partial charge in [-0.2, -0.15) is 0 Å². The first-order valence-electron chi connectivity index (χ1n) is 7.19. The molecule has 1 aliphatic rings. The van der Waals surface area contributed by atoms with Gasteiger partial charge in [0.2, 0.25) is 10.0 Å². The van der Waals surface area contributed by atoms with Crippen molar-refractivity contribution >= 4 is 37.3 Å². The Hall–Kier alpha value is 0.0900. The molecule has 1 saturated carbocycles. The number of aryl methyl sites for hydroxylation is 1. The number of thiophene rings is 1. The highest BCUT2D eigenvalue weighted by Crippen LogP contribution is 2.46. The van der Waals surface area contributed by atoms with E-state index in [-0.39, 0.29) is 16.9 Å². The van der Waals surface area contributed by atoms with E-state index in [1.165, 1.54) is 11.3 Å². The van der Waals surface area contributed by atoms with Gasteiger partial charge in [-0.05, 0) is 64.6 Å². The minimum atomic E-state index is -3.42. The van der Waals surface area contributed by atoms with Gasteiger partial charge in [-0.1, -0.05) is 27.7 Å². The molecule has 1 N–H and O–H groups in total. The summed E-state index contributed by atoms with van der Waals surface area (Å²) < 4.78 is 29.3. The van der Waals surface area contributed by atoms with Gasteiger partial charge in [-0.25, -0.2) is 13.1 Å². The zero-order valence-electron chi connectivity index (χ0n) is 13.3. The molecular formula is C15H24BrNO2S2. The Morgan fingerprint density at radius 1 is 1.24 bits per heavy atom. The predicted octanol–water partition coefficient (Wildman–Crippen LogP) is 4.70. The zero-order valence-corrected chi connectivity index (χ0v) is 16.5. The fourth-order valence-electron chi connectivity index (χ4n) is 3.77. The van der Waals surface area contributed by atoms with Crippen molar-refractivity contribution in [2.45, 2.75) is 64.1 Å². The van der Waals surface area contributed by atoms with Crippen molar-refractivity contribution < 1.29 is 8.42 Å². The Kier molecular flexibility index (Phi) is 4.67. The van der Waals surface area contributed by atoms with E-state index in [0.29, 0.717) is 4.21 Å². The van der Waals surface area contributed by atoms with Crippen LogP contribution in [0, 0.1) is 17.8 Å². The summed E-state index contributed by atoms with van der Waals surface area (Å²) >= 11 is 4.67. The minimum absolute atomic E-state index is 0.00920. The second-order valence-corrected chi connectivity index (χ2v) is 12.1. The molecule has 1 fully saturated rings. The molecule has 0 aliphatic heterocycles. The Morgan fingerprint density at radius 2 is 1.76 bits per heavy atom. The SMILES string of the molecule is Cc1cc(S(=O)(=O)NC2CC(C)(C)CC(C)(C)C2)sc1Br. The van der Waals surface area contributed by atoms with Gasteiger partial charge in [0.05, 0.1) is 3.79 Å². The van der Waals surface area contributed by atoms with Crippen molar-refractivity contribution in [1.29, 1.82) is 0 Å². The summed E-state index contributed by atoms with van der Waals surface area (Å²) in [6, 6.07) is 1.74. The fourth-order valence-corrected chi connectivity index (χ4v) is 7.25. The Bertz CT molecular complexity index is 597. The third-order valence-electron chi connectivity index (χ3n) is 3.98. The van der Waals surface area contributed by atoms with Crippen molar-refractivity contribution in [2.24, 2.45) is 10.8 Å². The summed E-state index contributed by atoms with van der Waals surface area (Å²) in [5.74, 6) is 0. The summed E-state index contributed by atoms with van der Waals surface area (Å²) in [5.41, 5.74) is 1.30. The van der Waals surface area contributed by atoms with Crippen molar-refractivity contribution in [3.8, 4) is 0 Å². The van der Waals surface area contributed by atoms with Crippen LogP contribution in [0.2, 0.25) is 0 Å². The van der Waals surface area contributed by atoms with Crippen molar-refractivity contribution in [2.75, 3.05) is 0 Å². The van der Waals surface area contributed by atoms with Crippen LogP contribution in [0.4, 0.5) is 0 Å². The molecule has 1 aliphatic carbocycles. The van der Waals surface area contributed by atoms with Gasteiger partial charge in [0.15, 0.2) is 0 Å². The maximum Gasteiger partial charge on any atom is 0.250 e. The van der Waals surface area contributed by atoms with Crippen LogP contribution in [0.3, 0.4) is 0 Å². The van der Waals surface area contributed by atoms with Gasteiger partial charge in [0.1, 0.15) is 4.21 Å². The maximum atomic E-state index is 12.6. The van der Waals surface area contributed by atoms with E-state index >= 15 is 0 Å². The Morgan fingerprint density at radius 3 is 2.19 bits per heavy atom. The average molecular weight is 394 g/mol. The lowest BCUT2D eigenvalue weighted by Gasteiger charge is -2.44. The van der Waals surface area contributed by atoms with Crippen LogP contribution in [0.25, 0.3) is 0 Å². The zero-order chi connectivity index (χ0) is 16.1. The molecular weight excluding hydrogens is 370 g/mol. The highest BCUT2D eigenvalue weighted by molar-refractivity contribution is 9.11. The van der Waals surface area contributed by atoms with Crippen LogP contribution in [0.5, 0.6) is 0 Å². The standard InChI is InChI=1S/C15H24BrNO2S2/c1-10-6-12(20-13(10)16)21(18,19)17-11-7-14(2,3)9-15(4,5)8-11/h6,11,17H,7-9H2,1-5H3. The van der Waals surface area contributed by atoms with E-state index in [1.54, 1.807) is 6.07 Å². The maximum absolute atomic E-state index is 12.6. The number of rotatable bonds is 3. The highest BCUT2D eigenvalue weighted by atomic mass is 79.9. The minimum Gasteiger partial charge on any atom is -0.207 e. The molecule has 0 unspecified atom stereocenters. The van der Waals surface area contributed by atoms with Crippen LogP contribution in [0.15, 0.2) is 14.1 Å². The van der Waals surface area contributed by atoms with E-state index in [2.05, 4.69) is 48.3 Å². The smallest absolute Gasteiger partial charge is 0.207 e. The van der Waals surface area contributed by atoms with Crippen LogP contribution in [-0.4, -0.2) is 14.5 Å². The summed E-state index contributed by atoms with van der Waals surface area (Å²) in [6.07, 6.45) is 2.91. The fraction of sp³-hybridized carbons (Fsp3) is 0.733. The molecule has 0 amide bonds. The normalized spacial score (nSPS) is 22.4. The summed E-state index contributed by atoms with van der Waals surface area (Å²) in [6.45, 7) is 10.8. The number of sulfonamides is 1. The van der Waals surface area contributed by atoms with E-state index in [0.717, 1.165) is 28.6 Å². The molecule has 21 heavy (non-hydrogen) atoms. The topological polar surface area (TPSA) is 46.2 Å². The van der Waals surface area contributed by atoms with Crippen LogP contribution < -0.4 is 4.72 Å². The van der Waals surface area contributed by atoms with Crippen LogP contribution in [0.1, 0.15) is 52.5 Å². The Labute approximate surface area is 140 Å². The molecule has 0 radical (unpaired) electrons. The molecule has 0 atom stereocenters. The second-order valence-electron chi connectivity index (χ2n) is 7.75. The molecule has 0 bridgehead atoms. The number of hydrogen-bond acceptors (Lipinski definition) is 3. The summed E-state index contributed by atoms with van der Waals surface area (Å²) in [4.78, 5) is 0. The van der Waals surface area contributed by atoms with Crippen LogP contribution >= 0.6 is 27.3 Å². The van der Waals surface area contributed by atoms with Gasteiger partial charge in [-0.15, -0.1) is 11.3 Å². The van der Waals surface area contributed by atoms with Crippen LogP contribution in [-0.2, 0) is 10.0 Å². The van der Waals surface area contributed by atoms with Gasteiger partial charge < -0.3 is 0 Å². The second kappa shape index (κ2) is 5.62. The highest BCUT2D eigenvalue weighted by Gasteiger charge is 2.40. The number of hydrogen-bond donors (Lipinski definition) is 1. The third kappa shape index (κ3) is 4.30. The molecule has 2 rings (SSSR count). The third-order valence-corrected chi connectivity index (χ3v) is 8.11. The molecule has 1 aromatic heterocycles. The monoisotopic (exact) mass is 393 g/mol. The molecule has 120 valence electrons. The summed E-state index contributed by atoms with van der Waals surface area (Å²) in [5, 5.41) is 0. The summed E-state index contributed by atoms with van der Waals surface area (Å²) in [7, 11) is -3.42. The molecule has 0 spiro atoms. The van der Waals surface area contributed by atoms with Crippen molar-refractivity contribution in [3.05, 3.63) is 15.4 Å². The largest absolute Gasteiger partial charge is 0.250 e. The van der Waals surface area contributed by atoms with Crippen molar-refractivity contribution in [3.63, 3.8) is 0 Å².